The van der Waals surface area contributed by atoms with Crippen LogP contribution < -0.4 is 0 Å². The van der Waals surface area contributed by atoms with Crippen LogP contribution in [-0.4, -0.2) is 15.2 Å². The van der Waals surface area contributed by atoms with Crippen molar-refractivity contribution in [3.05, 3.63) is 20.2 Å². The van der Waals surface area contributed by atoms with E-state index in [1.165, 1.54) is 0 Å². The zero-order valence-corrected chi connectivity index (χ0v) is 10.2. The van der Waals surface area contributed by atoms with Crippen molar-refractivity contribution in [2.45, 2.75) is 13.0 Å². The molecule has 2 heterocycles. The third kappa shape index (κ3) is 1.96. The first kappa shape index (κ1) is 10.1. The maximum Gasteiger partial charge on any atom is 0.258 e. The summed E-state index contributed by atoms with van der Waals surface area (Å²) in [5.41, 5.74) is 0.902. The van der Waals surface area contributed by atoms with Gasteiger partial charge in [-0.3, -0.25) is 0 Å². The van der Waals surface area contributed by atoms with Crippen molar-refractivity contribution in [3.8, 4) is 11.5 Å². The molecule has 0 aromatic carbocycles. The average molecular weight is 322 g/mol. The Morgan fingerprint density at radius 3 is 2.93 bits per heavy atom. The van der Waals surface area contributed by atoms with Gasteiger partial charge in [0.05, 0.1) is 8.45 Å². The summed E-state index contributed by atoms with van der Waals surface area (Å²) >= 11 is 3.84. The average Bonchev–Trinajstić information content (AvgIpc) is 2.70. The third-order valence-electron chi connectivity index (χ3n) is 1.63. The maximum atomic E-state index is 9.21. The topological polar surface area (TPSA) is 59.2 Å². The van der Waals surface area contributed by atoms with Crippen molar-refractivity contribution in [1.29, 1.82) is 0 Å². The fraction of sp³-hybridized carbons (Fsp3) is 0.250. The van der Waals surface area contributed by atoms with E-state index in [1.807, 2.05) is 11.4 Å². The van der Waals surface area contributed by atoms with Gasteiger partial charge in [0.15, 0.2) is 5.82 Å². The Morgan fingerprint density at radius 2 is 2.43 bits per heavy atom. The highest BCUT2D eigenvalue weighted by atomic mass is 127. The van der Waals surface area contributed by atoms with Gasteiger partial charge in [-0.1, -0.05) is 5.16 Å². The second-order valence-electron chi connectivity index (χ2n) is 2.77. The molecule has 0 bridgehead atoms. The molecule has 2 aromatic heterocycles. The molecule has 0 aliphatic rings. The normalized spacial score (nSPS) is 13.1. The quantitative estimate of drug-likeness (QED) is 0.863. The van der Waals surface area contributed by atoms with Crippen molar-refractivity contribution in [2.75, 3.05) is 0 Å². The molecule has 4 nitrogen and oxygen atoms in total. The summed E-state index contributed by atoms with van der Waals surface area (Å²) in [7, 11) is 0. The zero-order valence-electron chi connectivity index (χ0n) is 7.27. The molecule has 2 rings (SSSR count). The van der Waals surface area contributed by atoms with Crippen molar-refractivity contribution >= 4 is 33.9 Å². The minimum absolute atomic E-state index is 0.321. The van der Waals surface area contributed by atoms with E-state index in [0.29, 0.717) is 11.7 Å². The molecule has 0 saturated carbocycles. The molecule has 0 saturated heterocycles. The van der Waals surface area contributed by atoms with Gasteiger partial charge in [-0.15, -0.1) is 11.3 Å². The van der Waals surface area contributed by atoms with Crippen LogP contribution in [0.4, 0.5) is 0 Å². The van der Waals surface area contributed by atoms with Gasteiger partial charge in [-0.05, 0) is 35.6 Å². The number of aliphatic hydroxyl groups is 1. The van der Waals surface area contributed by atoms with Crippen LogP contribution in [0, 0.1) is 2.88 Å². The first-order chi connectivity index (χ1) is 6.66. The van der Waals surface area contributed by atoms with Crippen LogP contribution >= 0.6 is 33.9 Å². The fourth-order valence-corrected chi connectivity index (χ4v) is 2.26. The highest BCUT2D eigenvalue weighted by Gasteiger charge is 2.13. The van der Waals surface area contributed by atoms with Gasteiger partial charge in [-0.2, -0.15) is 4.98 Å². The lowest BCUT2D eigenvalue weighted by Crippen LogP contribution is -1.92. The molecule has 1 N–H and O–H groups in total. The van der Waals surface area contributed by atoms with Crippen LogP contribution in [0.3, 0.4) is 0 Å². The third-order valence-corrected chi connectivity index (χ3v) is 3.42. The molecule has 1 atom stereocenters. The first-order valence-electron chi connectivity index (χ1n) is 3.93. The minimum atomic E-state index is -0.690. The van der Waals surface area contributed by atoms with E-state index in [0.717, 1.165) is 8.45 Å². The number of hydrogen-bond donors (Lipinski definition) is 1. The molecule has 0 aliphatic heterocycles. The number of hydrogen-bond acceptors (Lipinski definition) is 5. The lowest BCUT2D eigenvalue weighted by atomic mass is 10.3. The van der Waals surface area contributed by atoms with E-state index in [-0.39, 0.29) is 0 Å². The van der Waals surface area contributed by atoms with Crippen molar-refractivity contribution in [3.63, 3.8) is 0 Å². The number of rotatable bonds is 2. The minimum Gasteiger partial charge on any atom is -0.385 e. The van der Waals surface area contributed by atoms with Gasteiger partial charge in [0, 0.05) is 5.38 Å². The largest absolute Gasteiger partial charge is 0.385 e. The summed E-state index contributed by atoms with van der Waals surface area (Å²) < 4.78 is 6.17. The summed E-state index contributed by atoms with van der Waals surface area (Å²) in [6, 6.07) is 1.96. The molecule has 74 valence electrons. The molecule has 0 radical (unpaired) electrons. The van der Waals surface area contributed by atoms with Crippen molar-refractivity contribution in [2.24, 2.45) is 0 Å². The molecule has 0 spiro atoms. The number of halogens is 1. The second-order valence-corrected chi connectivity index (χ2v) is 5.58. The molecule has 0 aliphatic carbocycles. The van der Waals surface area contributed by atoms with E-state index in [2.05, 4.69) is 32.7 Å². The van der Waals surface area contributed by atoms with Gasteiger partial charge >= 0.3 is 0 Å². The summed E-state index contributed by atoms with van der Waals surface area (Å²) in [5.74, 6) is 0.779. The Labute approximate surface area is 98.1 Å². The van der Waals surface area contributed by atoms with Crippen LogP contribution in [-0.2, 0) is 0 Å². The lowest BCUT2D eigenvalue weighted by Gasteiger charge is -1.91. The zero-order chi connectivity index (χ0) is 10.1. The molecular formula is C8H7IN2O2S. The van der Waals surface area contributed by atoms with Crippen molar-refractivity contribution < 1.29 is 9.63 Å². The molecule has 0 amide bonds. The highest BCUT2D eigenvalue weighted by molar-refractivity contribution is 14.1. The molecule has 14 heavy (non-hydrogen) atoms. The number of aliphatic hydroxyl groups excluding tert-OH is 1. The van der Waals surface area contributed by atoms with Crippen LogP contribution in [0.5, 0.6) is 0 Å². The van der Waals surface area contributed by atoms with E-state index in [1.54, 1.807) is 18.3 Å². The van der Waals surface area contributed by atoms with E-state index < -0.39 is 6.10 Å². The number of aromatic nitrogens is 2. The summed E-state index contributed by atoms with van der Waals surface area (Å²) in [6.45, 7) is 1.60. The number of nitrogens with zero attached hydrogens (tertiary/aromatic N) is 2. The highest BCUT2D eigenvalue weighted by Crippen LogP contribution is 2.25. The van der Waals surface area contributed by atoms with Gasteiger partial charge in [0.25, 0.3) is 5.89 Å². The van der Waals surface area contributed by atoms with Crippen LogP contribution in [0.2, 0.25) is 0 Å². The predicted molar refractivity (Wildman–Crippen MR) is 61.0 cm³/mol. The van der Waals surface area contributed by atoms with Crippen LogP contribution in [0.25, 0.3) is 11.5 Å². The Hall–Kier alpha value is -0.470. The summed E-state index contributed by atoms with van der Waals surface area (Å²) in [5, 5.41) is 14.8. The molecule has 2 aromatic rings. The molecule has 1 unspecified atom stereocenters. The maximum absolute atomic E-state index is 9.21. The lowest BCUT2D eigenvalue weighted by molar-refractivity contribution is 0.184. The number of thiophene rings is 1. The van der Waals surface area contributed by atoms with Gasteiger partial charge in [0.1, 0.15) is 6.10 Å². The Kier molecular flexibility index (Phi) is 2.84. The second kappa shape index (κ2) is 3.95. The standard InChI is InChI=1S/C8H7IN2O2S/c1-4(12)7-10-8(13-11-7)5-2-6(9)14-3-5/h2-4,12H,1H3. The SMILES string of the molecule is CC(O)c1noc(-c2csc(I)c2)n1. The van der Waals surface area contributed by atoms with E-state index >= 15 is 0 Å². The first-order valence-corrected chi connectivity index (χ1v) is 5.88. The molecular weight excluding hydrogens is 315 g/mol. The van der Waals surface area contributed by atoms with Crippen molar-refractivity contribution in [1.82, 2.24) is 10.1 Å². The Morgan fingerprint density at radius 1 is 1.64 bits per heavy atom. The summed E-state index contributed by atoms with van der Waals surface area (Å²) in [6.07, 6.45) is -0.690. The monoisotopic (exact) mass is 322 g/mol. The molecule has 0 fully saturated rings. The predicted octanol–water partition coefficient (Wildman–Crippen LogP) is 2.46. The summed E-state index contributed by atoms with van der Waals surface area (Å²) in [4.78, 5) is 4.07. The Balaban J connectivity index is 2.33. The van der Waals surface area contributed by atoms with Gasteiger partial charge in [-0.25, -0.2) is 0 Å². The fourth-order valence-electron chi connectivity index (χ4n) is 0.944. The van der Waals surface area contributed by atoms with Gasteiger partial charge in [0.2, 0.25) is 0 Å². The van der Waals surface area contributed by atoms with E-state index in [4.69, 9.17) is 4.52 Å². The van der Waals surface area contributed by atoms with Crippen LogP contribution in [0.15, 0.2) is 16.0 Å². The molecule has 6 heteroatoms. The van der Waals surface area contributed by atoms with E-state index in [9.17, 15) is 5.11 Å². The van der Waals surface area contributed by atoms with Gasteiger partial charge < -0.3 is 9.63 Å². The van der Waals surface area contributed by atoms with Crippen LogP contribution in [0.1, 0.15) is 18.9 Å². The Bertz CT molecular complexity index is 438. The smallest absolute Gasteiger partial charge is 0.258 e.